The van der Waals surface area contributed by atoms with Gasteiger partial charge in [-0.25, -0.2) is 19.6 Å². The molecule has 4 amide bonds. The van der Waals surface area contributed by atoms with Gasteiger partial charge < -0.3 is 10.6 Å². The first-order valence-electron chi connectivity index (χ1n) is 18.9. The second-order valence-electron chi connectivity index (χ2n) is 14.1. The molecule has 6 aromatic carbocycles. The van der Waals surface area contributed by atoms with E-state index in [1.807, 2.05) is 84.9 Å². The van der Waals surface area contributed by atoms with Gasteiger partial charge in [-0.05, 0) is 89.0 Å². The fraction of sp³-hybridized carbons (Fsp3) is 0.130. The van der Waals surface area contributed by atoms with Crippen LogP contribution in [-0.4, -0.2) is 46.6 Å². The highest BCUT2D eigenvalue weighted by molar-refractivity contribution is 6.31. The molecule has 2 N–H and O–H groups in total. The Bertz CT molecular complexity index is 2570. The molecule has 0 aliphatic carbocycles. The molecular weight excluding hydrogens is 853 g/mol. The van der Waals surface area contributed by atoms with E-state index in [0.717, 1.165) is 46.5 Å². The minimum atomic E-state index is -4.49. The van der Waals surface area contributed by atoms with Crippen LogP contribution in [0.1, 0.15) is 45.2 Å². The summed E-state index contributed by atoms with van der Waals surface area (Å²) in [6.45, 7) is 0.557. The molecule has 2 atom stereocenters. The average Bonchev–Trinajstić information content (AvgIpc) is 3.92. The molecule has 62 heavy (non-hydrogen) atoms. The summed E-state index contributed by atoms with van der Waals surface area (Å²) in [5.74, 6) is -0.338. The second-order valence-corrected chi connectivity index (χ2v) is 15.0. The number of carbonyl (C=O) groups is 2. The Hall–Kier alpha value is -6.64. The van der Waals surface area contributed by atoms with Crippen molar-refractivity contribution in [1.29, 1.82) is 0 Å². The van der Waals surface area contributed by atoms with E-state index in [9.17, 15) is 35.9 Å². The molecule has 2 heterocycles. The molecule has 8 rings (SSSR count). The van der Waals surface area contributed by atoms with Crippen LogP contribution in [0.2, 0.25) is 10.0 Å². The third kappa shape index (κ3) is 10.6. The minimum Gasteiger partial charge on any atom is -0.306 e. The second kappa shape index (κ2) is 18.5. The van der Waals surface area contributed by atoms with Crippen LogP contribution in [0.15, 0.2) is 168 Å². The van der Waals surface area contributed by atoms with Gasteiger partial charge in [-0.3, -0.25) is 0 Å². The molecule has 0 aromatic heterocycles. The molecule has 0 saturated carbocycles. The van der Waals surface area contributed by atoms with E-state index in [2.05, 4.69) is 20.8 Å². The van der Waals surface area contributed by atoms with Gasteiger partial charge in [-0.2, -0.15) is 36.5 Å². The van der Waals surface area contributed by atoms with Crippen molar-refractivity contribution in [3.63, 3.8) is 0 Å². The minimum absolute atomic E-state index is 0.0474. The maximum absolute atomic E-state index is 13.0. The van der Waals surface area contributed by atoms with Gasteiger partial charge >= 0.3 is 24.4 Å². The Morgan fingerprint density at radius 3 is 1.34 bits per heavy atom. The van der Waals surface area contributed by atoms with E-state index in [4.69, 9.17) is 23.2 Å². The number of rotatable bonds is 6. The highest BCUT2D eigenvalue weighted by Crippen LogP contribution is 2.34. The number of amides is 4. The lowest BCUT2D eigenvalue weighted by Crippen LogP contribution is -2.30. The normalized spacial score (nSPS) is 16.2. The number of hydrogen-bond donors (Lipinski definition) is 2. The molecule has 8 nitrogen and oxygen atoms in total. The number of hydrogen-bond acceptors (Lipinski definition) is 4. The summed E-state index contributed by atoms with van der Waals surface area (Å²) in [4.78, 5) is 25.6. The van der Waals surface area contributed by atoms with Crippen molar-refractivity contribution >= 4 is 58.1 Å². The fourth-order valence-electron chi connectivity index (χ4n) is 6.80. The van der Waals surface area contributed by atoms with Crippen LogP contribution in [0, 0.1) is 0 Å². The van der Waals surface area contributed by atoms with Gasteiger partial charge in [0.15, 0.2) is 0 Å². The van der Waals surface area contributed by atoms with Crippen molar-refractivity contribution in [2.75, 3.05) is 23.7 Å². The van der Waals surface area contributed by atoms with Crippen molar-refractivity contribution < 1.29 is 35.9 Å². The predicted molar refractivity (Wildman–Crippen MR) is 229 cm³/mol. The van der Waals surface area contributed by atoms with Gasteiger partial charge in [-0.15, -0.1) is 0 Å². The zero-order valence-electron chi connectivity index (χ0n) is 32.2. The summed E-state index contributed by atoms with van der Waals surface area (Å²) in [5.41, 5.74) is 3.71. The van der Waals surface area contributed by atoms with Crippen molar-refractivity contribution in [2.24, 2.45) is 10.2 Å². The summed E-state index contributed by atoms with van der Waals surface area (Å²) < 4.78 is 77.1. The molecule has 6 aromatic rings. The first kappa shape index (κ1) is 43.4. The molecule has 2 unspecified atom stereocenters. The third-order valence-electron chi connectivity index (χ3n) is 9.89. The smallest absolute Gasteiger partial charge is 0.306 e. The zero-order chi connectivity index (χ0) is 44.0. The number of urea groups is 2. The molecule has 0 bridgehead atoms. The van der Waals surface area contributed by atoms with Crippen LogP contribution in [-0.2, 0) is 12.4 Å². The lowest BCUT2D eigenvalue weighted by molar-refractivity contribution is -0.138. The van der Waals surface area contributed by atoms with Crippen LogP contribution >= 0.6 is 23.2 Å². The maximum atomic E-state index is 13.0. The van der Waals surface area contributed by atoms with Crippen LogP contribution in [0.4, 0.5) is 47.3 Å². The van der Waals surface area contributed by atoms with E-state index >= 15 is 0 Å². The first-order chi connectivity index (χ1) is 29.6. The largest absolute Gasteiger partial charge is 0.416 e. The summed E-state index contributed by atoms with van der Waals surface area (Å²) in [7, 11) is 0. The molecular formula is C46H34Cl2F6N6O2. The lowest BCUT2D eigenvalue weighted by atomic mass is 9.91. The van der Waals surface area contributed by atoms with Gasteiger partial charge in [0, 0.05) is 33.3 Å². The van der Waals surface area contributed by atoms with Crippen molar-refractivity contribution in [3.05, 3.63) is 201 Å². The zero-order valence-corrected chi connectivity index (χ0v) is 33.7. The Balaban J connectivity index is 0.000000186. The van der Waals surface area contributed by atoms with Gasteiger partial charge in [0.1, 0.15) is 0 Å². The quantitative estimate of drug-likeness (QED) is 0.163. The van der Waals surface area contributed by atoms with Crippen LogP contribution < -0.4 is 10.6 Å². The summed E-state index contributed by atoms with van der Waals surface area (Å²) in [5, 5.41) is 17.8. The number of benzene rings is 6. The highest BCUT2D eigenvalue weighted by Gasteiger charge is 2.35. The molecule has 0 fully saturated rings. The topological polar surface area (TPSA) is 89.4 Å². The van der Waals surface area contributed by atoms with Crippen LogP contribution in [0.3, 0.4) is 0 Å². The van der Waals surface area contributed by atoms with E-state index in [1.54, 1.807) is 24.3 Å². The van der Waals surface area contributed by atoms with E-state index in [1.165, 1.54) is 34.3 Å². The van der Waals surface area contributed by atoms with E-state index in [0.29, 0.717) is 28.0 Å². The van der Waals surface area contributed by atoms with Gasteiger partial charge in [0.05, 0.1) is 35.6 Å². The van der Waals surface area contributed by atoms with E-state index < -0.39 is 35.5 Å². The molecule has 16 heteroatoms. The van der Waals surface area contributed by atoms with Crippen molar-refractivity contribution in [3.8, 4) is 0 Å². The third-order valence-corrected chi connectivity index (χ3v) is 10.4. The molecule has 2 aliphatic rings. The van der Waals surface area contributed by atoms with Gasteiger partial charge in [0.25, 0.3) is 0 Å². The molecule has 0 spiro atoms. The molecule has 0 saturated heterocycles. The summed E-state index contributed by atoms with van der Waals surface area (Å²) in [6.07, 6.45) is -8.93. The van der Waals surface area contributed by atoms with E-state index in [-0.39, 0.29) is 29.8 Å². The van der Waals surface area contributed by atoms with Gasteiger partial charge in [-0.1, -0.05) is 114 Å². The number of anilines is 2. The molecule has 316 valence electrons. The average molecular weight is 888 g/mol. The van der Waals surface area contributed by atoms with Crippen molar-refractivity contribution in [1.82, 2.24) is 10.0 Å². The SMILES string of the molecule is O=C(Nc1ccc(C(F)(F)F)cc1)N1CC(c2ccccc2)C(c2ccc(Cl)cc2)=N1.O=C(Nc1cccc(C(F)(F)F)c1)N1CC(c2ccccc2)C(c2ccc(Cl)cc2)=N1. The number of alkyl halides is 6. The predicted octanol–water partition coefficient (Wildman–Crippen LogP) is 12.8. The number of halogens is 8. The summed E-state index contributed by atoms with van der Waals surface area (Å²) >= 11 is 12.0. The molecule has 0 radical (unpaired) electrons. The first-order valence-corrected chi connectivity index (χ1v) is 19.7. The Morgan fingerprint density at radius 2 is 0.919 bits per heavy atom. The fourth-order valence-corrected chi connectivity index (χ4v) is 7.06. The number of carbonyl (C=O) groups excluding carboxylic acids is 2. The number of nitrogens with zero attached hydrogens (tertiary/aromatic N) is 4. The standard InChI is InChI=1S/2C23H17ClF3N3O/c24-18-11-9-16(10-12-18)21-20(15-5-2-1-3-6-15)14-30(29-21)22(31)28-19-8-4-7-17(13-19)23(25,26)27;24-18-10-6-16(7-11-18)21-20(15-4-2-1-3-5-15)14-30(29-21)22(31)28-19-12-8-17(9-13-19)23(25,26)27/h2*1-13,20H,14H2,(H,28,31). The maximum Gasteiger partial charge on any atom is 0.416 e. The highest BCUT2D eigenvalue weighted by atomic mass is 35.5. The Morgan fingerprint density at radius 1 is 0.500 bits per heavy atom. The monoisotopic (exact) mass is 886 g/mol. The lowest BCUT2D eigenvalue weighted by Gasteiger charge is -2.16. The Kier molecular flexibility index (Phi) is 13.0. The Labute approximate surface area is 362 Å². The van der Waals surface area contributed by atoms with Crippen molar-refractivity contribution in [2.45, 2.75) is 24.2 Å². The number of hydrazone groups is 2. The van der Waals surface area contributed by atoms with Crippen LogP contribution in [0.25, 0.3) is 0 Å². The van der Waals surface area contributed by atoms with Crippen LogP contribution in [0.5, 0.6) is 0 Å². The number of nitrogens with one attached hydrogen (secondary N) is 2. The molecule has 2 aliphatic heterocycles. The summed E-state index contributed by atoms with van der Waals surface area (Å²) in [6, 6.07) is 41.3. The van der Waals surface area contributed by atoms with Gasteiger partial charge in [0.2, 0.25) is 0 Å².